The number of aryl methyl sites for hydroxylation is 1. The molecule has 0 bridgehead atoms. The summed E-state index contributed by atoms with van der Waals surface area (Å²) in [5, 5.41) is 5.57. The van der Waals surface area contributed by atoms with Gasteiger partial charge in [0.05, 0.1) is 42.6 Å². The standard InChI is InChI=1S/C47H74N7O11PS/c1-30(2)20-39(43(57)22-34(21-35-25-50-29-51-35)46(60)52-32(4)42(56)24-37(45(49)59)31(3)27-66(62,63)64)53-47(61)40-23-36(65-19-13-12-16-33-14-8-7-9-15-33)26-54(40)44(58)18-11-6-5-10-17-41(55)38(48)28-67/h7-9,14-15,25,29-32,34,36-40,67H,5-6,10-13,16-24,26-28,48H2,1-4H3,(H2,49,59)(H,50,51)(H,52,60)(H,53,61)(H2,62,63,64)/t31-,32-,34+,36+,37-,38?,39-,40-/m0/s1. The smallest absolute Gasteiger partial charge is 0.325 e. The minimum atomic E-state index is -4.52. The van der Waals surface area contributed by atoms with Crippen LogP contribution < -0.4 is 22.1 Å². The topological polar surface area (TPSA) is 294 Å². The van der Waals surface area contributed by atoms with E-state index in [4.69, 9.17) is 16.2 Å². The molecule has 20 heteroatoms. The third kappa shape index (κ3) is 20.9. The van der Waals surface area contributed by atoms with E-state index in [1.807, 2.05) is 32.0 Å². The molecule has 3 rings (SSSR count). The molecule has 4 amide bonds. The average molecular weight is 976 g/mol. The number of hydrogen-bond donors (Lipinski definition) is 8. The van der Waals surface area contributed by atoms with Gasteiger partial charge in [-0.15, -0.1) is 0 Å². The van der Waals surface area contributed by atoms with Gasteiger partial charge in [0.2, 0.25) is 23.6 Å². The highest BCUT2D eigenvalue weighted by atomic mass is 32.1. The Morgan fingerprint density at radius 2 is 1.61 bits per heavy atom. The van der Waals surface area contributed by atoms with Gasteiger partial charge in [-0.05, 0) is 62.8 Å². The van der Waals surface area contributed by atoms with Gasteiger partial charge < -0.3 is 46.5 Å². The van der Waals surface area contributed by atoms with E-state index >= 15 is 0 Å². The zero-order valence-electron chi connectivity index (χ0n) is 39.5. The number of nitrogens with one attached hydrogen (secondary N) is 3. The number of Topliss-reactive ketones (excluding diaryl/α,β-unsaturated/α-hetero) is 3. The third-order valence-corrected chi connectivity index (χ3v) is 13.7. The number of carbonyl (C=O) groups excluding carboxylic acids is 7. The first-order chi connectivity index (χ1) is 31.7. The number of unbranched alkanes of at least 4 members (excludes halogenated alkanes) is 4. The molecule has 1 aromatic heterocycles. The molecule has 1 unspecified atom stereocenters. The minimum Gasteiger partial charge on any atom is -0.376 e. The van der Waals surface area contributed by atoms with Crippen molar-refractivity contribution < 1.29 is 52.7 Å². The van der Waals surface area contributed by atoms with Gasteiger partial charge >= 0.3 is 7.60 Å². The van der Waals surface area contributed by atoms with E-state index in [1.165, 1.54) is 31.9 Å². The summed E-state index contributed by atoms with van der Waals surface area (Å²) in [6.07, 6.45) is 7.33. The second kappa shape index (κ2) is 28.9. The average Bonchev–Trinajstić information content (AvgIpc) is 3.95. The number of imidazole rings is 1. The fourth-order valence-electron chi connectivity index (χ4n) is 8.33. The molecule has 0 saturated carbocycles. The number of rotatable bonds is 33. The van der Waals surface area contributed by atoms with Gasteiger partial charge in [0.1, 0.15) is 11.8 Å². The zero-order chi connectivity index (χ0) is 49.7. The Morgan fingerprint density at radius 3 is 2.22 bits per heavy atom. The van der Waals surface area contributed by atoms with Crippen LogP contribution in [0, 0.1) is 23.7 Å². The number of thiol groups is 1. The third-order valence-electron chi connectivity index (χ3n) is 12.2. The summed E-state index contributed by atoms with van der Waals surface area (Å²) in [5.74, 6) is -6.29. The lowest BCUT2D eigenvalue weighted by atomic mass is 9.88. The van der Waals surface area contributed by atoms with Crippen molar-refractivity contribution in [2.75, 3.05) is 25.1 Å². The maximum Gasteiger partial charge on any atom is 0.325 e. The van der Waals surface area contributed by atoms with E-state index in [9.17, 15) is 47.9 Å². The summed E-state index contributed by atoms with van der Waals surface area (Å²) in [6.45, 7) is 7.26. The molecular formula is C47H74N7O11PS. The number of aromatic amines is 1. The van der Waals surface area contributed by atoms with Crippen molar-refractivity contribution in [3.05, 3.63) is 54.1 Å². The van der Waals surface area contributed by atoms with Crippen LogP contribution in [0.3, 0.4) is 0 Å². The number of ketones is 3. The van der Waals surface area contributed by atoms with E-state index in [0.29, 0.717) is 38.0 Å². The van der Waals surface area contributed by atoms with Crippen LogP contribution in [0.2, 0.25) is 0 Å². The summed E-state index contributed by atoms with van der Waals surface area (Å²) in [6, 6.07) is 6.45. The summed E-state index contributed by atoms with van der Waals surface area (Å²) in [4.78, 5) is 121. The number of primary amides is 1. The van der Waals surface area contributed by atoms with Crippen molar-refractivity contribution in [2.24, 2.45) is 35.1 Å². The quantitative estimate of drug-likeness (QED) is 0.0289. The first-order valence-corrected chi connectivity index (χ1v) is 25.9. The van der Waals surface area contributed by atoms with Crippen molar-refractivity contribution in [3.8, 4) is 0 Å². The molecule has 18 nitrogen and oxygen atoms in total. The second-order valence-electron chi connectivity index (χ2n) is 18.5. The van der Waals surface area contributed by atoms with Crippen LogP contribution in [0.5, 0.6) is 0 Å². The SMILES string of the molecule is CC(C)C[C@H](NC(=O)[C@@H]1C[C@@H](OCCCCc2ccccc2)CN1C(=O)CCCCCCC(=O)C(N)CS)C(=O)C[C@@H](Cc1cnc[nH]1)C(=O)N[C@@H](C)C(=O)C[C@H](C(N)=O)[C@@H](C)CP(=O)(O)O. The molecule has 1 aliphatic heterocycles. The fraction of sp³-hybridized carbons (Fsp3) is 0.660. The van der Waals surface area contributed by atoms with Crippen molar-refractivity contribution in [1.82, 2.24) is 25.5 Å². The molecule has 2 aromatic rings. The van der Waals surface area contributed by atoms with E-state index in [1.54, 1.807) is 4.90 Å². The highest BCUT2D eigenvalue weighted by molar-refractivity contribution is 7.80. The number of benzene rings is 1. The number of ether oxygens (including phenoxy) is 1. The molecule has 0 spiro atoms. The Morgan fingerprint density at radius 1 is 0.925 bits per heavy atom. The highest BCUT2D eigenvalue weighted by Crippen LogP contribution is 2.39. The number of nitrogens with two attached hydrogens (primary N) is 2. The number of hydrogen-bond acceptors (Lipinski definition) is 12. The van der Waals surface area contributed by atoms with Gasteiger partial charge in [0, 0.05) is 75.2 Å². The van der Waals surface area contributed by atoms with Crippen molar-refractivity contribution in [1.29, 1.82) is 0 Å². The number of aromatic nitrogens is 2. The number of carbonyl (C=O) groups is 7. The van der Waals surface area contributed by atoms with E-state index in [2.05, 4.69) is 45.4 Å². The molecule has 374 valence electrons. The molecule has 0 aliphatic carbocycles. The molecule has 67 heavy (non-hydrogen) atoms. The van der Waals surface area contributed by atoms with E-state index < -0.39 is 97.5 Å². The molecule has 1 aliphatic rings. The predicted octanol–water partition coefficient (Wildman–Crippen LogP) is 3.61. The number of likely N-dealkylation sites (tertiary alicyclic amines) is 1. The van der Waals surface area contributed by atoms with Crippen LogP contribution in [0.15, 0.2) is 42.9 Å². The van der Waals surface area contributed by atoms with Crippen LogP contribution in [-0.2, 0) is 55.7 Å². The molecule has 8 atom stereocenters. The Kier molecular flexibility index (Phi) is 24.6. The van der Waals surface area contributed by atoms with Gasteiger partial charge in [-0.25, -0.2) is 4.98 Å². The Labute approximate surface area is 400 Å². The Balaban J connectivity index is 1.73. The Bertz CT molecular complexity index is 1950. The van der Waals surface area contributed by atoms with Gasteiger partial charge in [0.15, 0.2) is 11.6 Å². The van der Waals surface area contributed by atoms with Crippen LogP contribution in [0.4, 0.5) is 0 Å². The van der Waals surface area contributed by atoms with Crippen molar-refractivity contribution >= 4 is 61.2 Å². The lowest BCUT2D eigenvalue weighted by molar-refractivity contribution is -0.140. The maximum absolute atomic E-state index is 14.3. The first-order valence-electron chi connectivity index (χ1n) is 23.5. The normalized spacial score (nSPS) is 17.8. The molecule has 1 aromatic carbocycles. The number of H-pyrrole nitrogens is 1. The van der Waals surface area contributed by atoms with E-state index in [0.717, 1.165) is 25.7 Å². The zero-order valence-corrected chi connectivity index (χ0v) is 41.3. The monoisotopic (exact) mass is 975 g/mol. The van der Waals surface area contributed by atoms with Crippen LogP contribution in [0.25, 0.3) is 0 Å². The molecular weight excluding hydrogens is 902 g/mol. The van der Waals surface area contributed by atoms with Crippen LogP contribution in [0.1, 0.15) is 116 Å². The molecule has 0 radical (unpaired) electrons. The number of nitrogens with zero attached hydrogens (tertiary/aromatic N) is 2. The van der Waals surface area contributed by atoms with Crippen LogP contribution in [-0.4, -0.2) is 121 Å². The van der Waals surface area contributed by atoms with Gasteiger partial charge in [-0.1, -0.05) is 63.9 Å². The first kappa shape index (κ1) is 57.1. The molecule has 1 saturated heterocycles. The fourth-order valence-corrected chi connectivity index (χ4v) is 9.54. The summed E-state index contributed by atoms with van der Waals surface area (Å²) in [5.41, 5.74) is 13.0. The molecule has 9 N–H and O–H groups in total. The summed E-state index contributed by atoms with van der Waals surface area (Å²) in [7, 11) is -4.52. The lowest BCUT2D eigenvalue weighted by Crippen LogP contribution is -2.52. The summed E-state index contributed by atoms with van der Waals surface area (Å²) < 4.78 is 17.9. The number of amides is 4. The maximum atomic E-state index is 14.3. The van der Waals surface area contributed by atoms with E-state index in [-0.39, 0.29) is 62.0 Å². The van der Waals surface area contributed by atoms with Crippen LogP contribution >= 0.6 is 20.2 Å². The predicted molar refractivity (Wildman–Crippen MR) is 257 cm³/mol. The molecule has 2 heterocycles. The Hall–Kier alpha value is -4.26. The van der Waals surface area contributed by atoms with Crippen molar-refractivity contribution in [3.63, 3.8) is 0 Å². The van der Waals surface area contributed by atoms with Gasteiger partial charge in [0.25, 0.3) is 0 Å². The minimum absolute atomic E-state index is 0.0266. The second-order valence-corrected chi connectivity index (χ2v) is 20.5. The van der Waals surface area contributed by atoms with Crippen molar-refractivity contribution in [2.45, 2.75) is 148 Å². The largest absolute Gasteiger partial charge is 0.376 e. The highest BCUT2D eigenvalue weighted by Gasteiger charge is 2.41. The lowest BCUT2D eigenvalue weighted by Gasteiger charge is -2.28. The van der Waals surface area contributed by atoms with Gasteiger partial charge in [-0.3, -0.25) is 38.1 Å². The van der Waals surface area contributed by atoms with Gasteiger partial charge in [-0.2, -0.15) is 12.6 Å². The summed E-state index contributed by atoms with van der Waals surface area (Å²) >= 11 is 4.09. The molecule has 1 fully saturated rings.